The van der Waals surface area contributed by atoms with Crippen molar-refractivity contribution in [2.75, 3.05) is 7.11 Å². The number of hydrogen-bond donors (Lipinski definition) is 0. The second kappa shape index (κ2) is 7.26. The highest BCUT2D eigenvalue weighted by Gasteiger charge is 2.13. The summed E-state index contributed by atoms with van der Waals surface area (Å²) < 4.78 is 16.2. The summed E-state index contributed by atoms with van der Waals surface area (Å²) in [4.78, 5) is 22.2. The van der Waals surface area contributed by atoms with Gasteiger partial charge in [0.15, 0.2) is 11.5 Å². The fourth-order valence-electron chi connectivity index (χ4n) is 2.66. The van der Waals surface area contributed by atoms with Crippen LogP contribution in [0.15, 0.2) is 51.7 Å². The van der Waals surface area contributed by atoms with Crippen molar-refractivity contribution in [3.8, 4) is 11.5 Å². The first-order valence-electron chi connectivity index (χ1n) is 8.02. The lowest BCUT2D eigenvalue weighted by Gasteiger charge is -2.11. The van der Waals surface area contributed by atoms with Crippen LogP contribution in [-0.4, -0.2) is 12.0 Å². The first kappa shape index (κ1) is 17.5. The zero-order valence-electron chi connectivity index (χ0n) is 14.4. The fraction of sp³-hybridized carbons (Fsp3) is 0.211. The van der Waals surface area contributed by atoms with Gasteiger partial charge in [0.25, 0.3) is 5.69 Å². The lowest BCUT2D eigenvalue weighted by atomic mass is 10.1. The van der Waals surface area contributed by atoms with E-state index in [1.54, 1.807) is 0 Å². The standard InChI is InChI=1S/C19H17NO6/c1-3-12-4-6-15-13(9-19(21)26-17(15)8-12)11-25-16-7-5-14(20(22)23)10-18(16)24-2/h4-10H,3,11H2,1-2H3. The van der Waals surface area contributed by atoms with Gasteiger partial charge in [-0.2, -0.15) is 0 Å². The maximum atomic E-state index is 11.8. The largest absolute Gasteiger partial charge is 0.493 e. The summed E-state index contributed by atoms with van der Waals surface area (Å²) in [6.07, 6.45) is 0.834. The van der Waals surface area contributed by atoms with Gasteiger partial charge in [0.2, 0.25) is 0 Å². The summed E-state index contributed by atoms with van der Waals surface area (Å²) >= 11 is 0. The lowest BCUT2D eigenvalue weighted by Crippen LogP contribution is -2.05. The maximum Gasteiger partial charge on any atom is 0.336 e. The Morgan fingerprint density at radius 3 is 2.62 bits per heavy atom. The van der Waals surface area contributed by atoms with E-state index in [0.29, 0.717) is 16.9 Å². The number of nitrogens with zero attached hydrogens (tertiary/aromatic N) is 1. The minimum absolute atomic E-state index is 0.0906. The summed E-state index contributed by atoms with van der Waals surface area (Å²) in [5.41, 5.74) is 1.69. The number of aryl methyl sites for hydroxylation is 1. The van der Waals surface area contributed by atoms with E-state index in [9.17, 15) is 14.9 Å². The molecule has 0 amide bonds. The molecule has 134 valence electrons. The number of benzene rings is 2. The molecule has 0 aliphatic rings. The Balaban J connectivity index is 1.93. The number of fused-ring (bicyclic) bond motifs is 1. The second-order valence-electron chi connectivity index (χ2n) is 5.66. The fourth-order valence-corrected chi connectivity index (χ4v) is 2.66. The van der Waals surface area contributed by atoms with E-state index in [-0.39, 0.29) is 18.0 Å². The van der Waals surface area contributed by atoms with Crippen molar-refractivity contribution in [3.63, 3.8) is 0 Å². The SMILES string of the molecule is CCc1ccc2c(COc3ccc([N+](=O)[O-])cc3OC)cc(=O)oc2c1. The van der Waals surface area contributed by atoms with Gasteiger partial charge in [0.05, 0.1) is 18.1 Å². The van der Waals surface area contributed by atoms with Crippen molar-refractivity contribution in [1.29, 1.82) is 0 Å². The molecule has 3 aromatic rings. The van der Waals surface area contributed by atoms with Crippen molar-refractivity contribution >= 4 is 16.7 Å². The molecule has 0 saturated heterocycles. The summed E-state index contributed by atoms with van der Waals surface area (Å²) in [6, 6.07) is 11.2. The maximum absolute atomic E-state index is 11.8. The first-order chi connectivity index (χ1) is 12.5. The Labute approximate surface area is 148 Å². The molecule has 7 heteroatoms. The van der Waals surface area contributed by atoms with Crippen LogP contribution >= 0.6 is 0 Å². The third kappa shape index (κ3) is 3.51. The number of nitro benzene ring substituents is 1. The molecular formula is C19H17NO6. The van der Waals surface area contributed by atoms with Gasteiger partial charge < -0.3 is 13.9 Å². The summed E-state index contributed by atoms with van der Waals surface area (Å²) in [5.74, 6) is 0.601. The topological polar surface area (TPSA) is 91.8 Å². The van der Waals surface area contributed by atoms with Crippen LogP contribution in [0.5, 0.6) is 11.5 Å². The highest BCUT2D eigenvalue weighted by atomic mass is 16.6. The van der Waals surface area contributed by atoms with E-state index in [1.807, 2.05) is 25.1 Å². The quantitative estimate of drug-likeness (QED) is 0.379. The third-order valence-electron chi connectivity index (χ3n) is 4.04. The van der Waals surface area contributed by atoms with Crippen LogP contribution in [0.25, 0.3) is 11.0 Å². The van der Waals surface area contributed by atoms with Crippen molar-refractivity contribution in [2.45, 2.75) is 20.0 Å². The number of hydrogen-bond acceptors (Lipinski definition) is 6. The van der Waals surface area contributed by atoms with Gasteiger partial charge in [-0.25, -0.2) is 4.79 Å². The number of nitro groups is 1. The van der Waals surface area contributed by atoms with Gasteiger partial charge in [-0.05, 0) is 24.1 Å². The van der Waals surface area contributed by atoms with Gasteiger partial charge in [0, 0.05) is 23.1 Å². The number of non-ortho nitro benzene ring substituents is 1. The number of methoxy groups -OCH3 is 1. The Hall–Kier alpha value is -3.35. The predicted octanol–water partition coefficient (Wildman–Crippen LogP) is 3.85. The molecule has 0 saturated carbocycles. The van der Waals surface area contributed by atoms with E-state index < -0.39 is 10.5 Å². The lowest BCUT2D eigenvalue weighted by molar-refractivity contribution is -0.385. The molecule has 1 heterocycles. The van der Waals surface area contributed by atoms with E-state index >= 15 is 0 Å². The van der Waals surface area contributed by atoms with Crippen LogP contribution in [0.1, 0.15) is 18.1 Å². The molecule has 0 unspecified atom stereocenters. The van der Waals surface area contributed by atoms with Gasteiger partial charge in [-0.3, -0.25) is 10.1 Å². The van der Waals surface area contributed by atoms with Crippen LogP contribution in [-0.2, 0) is 13.0 Å². The van der Waals surface area contributed by atoms with Crippen LogP contribution in [0.2, 0.25) is 0 Å². The average molecular weight is 355 g/mol. The van der Waals surface area contributed by atoms with Crippen LogP contribution < -0.4 is 15.1 Å². The Bertz CT molecular complexity index is 1020. The zero-order chi connectivity index (χ0) is 18.7. The predicted molar refractivity (Wildman–Crippen MR) is 95.8 cm³/mol. The second-order valence-corrected chi connectivity index (χ2v) is 5.66. The molecule has 0 bridgehead atoms. The zero-order valence-corrected chi connectivity index (χ0v) is 14.4. The van der Waals surface area contributed by atoms with Crippen molar-refractivity contribution in [2.24, 2.45) is 0 Å². The molecular weight excluding hydrogens is 338 g/mol. The summed E-state index contributed by atoms with van der Waals surface area (Å²) in [5, 5.41) is 11.6. The normalized spacial score (nSPS) is 10.7. The molecule has 7 nitrogen and oxygen atoms in total. The smallest absolute Gasteiger partial charge is 0.336 e. The molecule has 0 radical (unpaired) electrons. The molecule has 26 heavy (non-hydrogen) atoms. The van der Waals surface area contributed by atoms with E-state index in [4.69, 9.17) is 13.9 Å². The summed E-state index contributed by atoms with van der Waals surface area (Å²) in [6.45, 7) is 2.12. The van der Waals surface area contributed by atoms with E-state index in [2.05, 4.69) is 0 Å². The highest BCUT2D eigenvalue weighted by molar-refractivity contribution is 5.80. The monoisotopic (exact) mass is 355 g/mol. The highest BCUT2D eigenvalue weighted by Crippen LogP contribution is 2.32. The van der Waals surface area contributed by atoms with Crippen molar-refractivity contribution in [3.05, 3.63) is 74.1 Å². The van der Waals surface area contributed by atoms with Crippen LogP contribution in [0.4, 0.5) is 5.69 Å². The summed E-state index contributed by atoms with van der Waals surface area (Å²) in [7, 11) is 1.41. The molecule has 0 atom stereocenters. The number of ether oxygens (including phenoxy) is 2. The van der Waals surface area contributed by atoms with Crippen molar-refractivity contribution in [1.82, 2.24) is 0 Å². The van der Waals surface area contributed by atoms with Crippen molar-refractivity contribution < 1.29 is 18.8 Å². The van der Waals surface area contributed by atoms with Gasteiger partial charge in [-0.1, -0.05) is 19.1 Å². The molecule has 3 rings (SSSR count). The molecule has 0 aliphatic heterocycles. The van der Waals surface area contributed by atoms with Crippen LogP contribution in [0, 0.1) is 10.1 Å². The van der Waals surface area contributed by atoms with Gasteiger partial charge >= 0.3 is 5.63 Å². The average Bonchev–Trinajstić information content (AvgIpc) is 2.65. The first-order valence-corrected chi connectivity index (χ1v) is 8.02. The van der Waals surface area contributed by atoms with Gasteiger partial charge in [-0.15, -0.1) is 0 Å². The van der Waals surface area contributed by atoms with Crippen LogP contribution in [0.3, 0.4) is 0 Å². The molecule has 0 aliphatic carbocycles. The Morgan fingerprint density at radius 1 is 1.12 bits per heavy atom. The molecule has 0 spiro atoms. The molecule has 2 aromatic carbocycles. The minimum Gasteiger partial charge on any atom is -0.493 e. The molecule has 0 N–H and O–H groups in total. The Kier molecular flexibility index (Phi) is 4.88. The van der Waals surface area contributed by atoms with Gasteiger partial charge in [0.1, 0.15) is 12.2 Å². The Morgan fingerprint density at radius 2 is 1.92 bits per heavy atom. The van der Waals surface area contributed by atoms with E-state index in [1.165, 1.54) is 31.4 Å². The molecule has 1 aromatic heterocycles. The minimum atomic E-state index is -0.506. The number of rotatable bonds is 6. The third-order valence-corrected chi connectivity index (χ3v) is 4.04. The molecule has 0 fully saturated rings. The van der Waals surface area contributed by atoms with E-state index in [0.717, 1.165) is 17.4 Å².